The standard InChI is InChI=1S/C25H30O11/c26-1-2-32-3-4-33-5-6-34-7-8-35-9-10-36-15-16-11-18-22(20(28)12-16)25(31)23-19(24(18)30)13-17(27)14-21(23)29/h11-14,26-29H,1-10,15H2. The third-order valence-corrected chi connectivity index (χ3v) is 5.22. The molecule has 0 aliphatic heterocycles. The second-order valence-corrected chi connectivity index (χ2v) is 7.81. The Balaban J connectivity index is 1.36. The number of carbonyl (C=O) groups is 2. The molecule has 0 saturated carbocycles. The summed E-state index contributed by atoms with van der Waals surface area (Å²) in [6.45, 7) is 3.40. The molecular formula is C25H30O11. The number of fused-ring (bicyclic) bond motifs is 2. The highest BCUT2D eigenvalue weighted by atomic mass is 16.6. The van der Waals surface area contributed by atoms with Gasteiger partial charge in [0.2, 0.25) is 5.78 Å². The van der Waals surface area contributed by atoms with Crippen molar-refractivity contribution >= 4 is 11.6 Å². The van der Waals surface area contributed by atoms with E-state index in [9.17, 15) is 24.9 Å². The summed E-state index contributed by atoms with van der Waals surface area (Å²) in [5.74, 6) is -2.56. The maximum Gasteiger partial charge on any atom is 0.201 e. The van der Waals surface area contributed by atoms with E-state index in [0.717, 1.165) is 12.1 Å². The van der Waals surface area contributed by atoms with Crippen LogP contribution in [0, 0.1) is 0 Å². The number of ether oxygens (including phenoxy) is 5. The number of hydrogen-bond acceptors (Lipinski definition) is 11. The first-order valence-electron chi connectivity index (χ1n) is 11.4. The molecule has 1 aliphatic rings. The minimum atomic E-state index is -0.698. The second-order valence-electron chi connectivity index (χ2n) is 7.81. The van der Waals surface area contributed by atoms with Crippen molar-refractivity contribution in [3.63, 3.8) is 0 Å². The summed E-state index contributed by atoms with van der Waals surface area (Å²) in [5, 5.41) is 38.7. The van der Waals surface area contributed by atoms with Gasteiger partial charge in [0.25, 0.3) is 0 Å². The van der Waals surface area contributed by atoms with E-state index in [0.29, 0.717) is 58.4 Å². The fourth-order valence-corrected chi connectivity index (χ4v) is 3.62. The third-order valence-electron chi connectivity index (χ3n) is 5.22. The molecule has 0 fully saturated rings. The van der Waals surface area contributed by atoms with Crippen LogP contribution in [0.5, 0.6) is 17.2 Å². The zero-order valence-corrected chi connectivity index (χ0v) is 19.7. The molecule has 196 valence electrons. The summed E-state index contributed by atoms with van der Waals surface area (Å²) in [6.07, 6.45) is 0. The Kier molecular flexibility index (Phi) is 10.6. The van der Waals surface area contributed by atoms with E-state index in [2.05, 4.69) is 0 Å². The van der Waals surface area contributed by atoms with Gasteiger partial charge < -0.3 is 44.1 Å². The fraction of sp³-hybridized carbons (Fsp3) is 0.440. The van der Waals surface area contributed by atoms with Crippen LogP contribution in [-0.4, -0.2) is 98.1 Å². The average Bonchev–Trinajstić information content (AvgIpc) is 2.84. The van der Waals surface area contributed by atoms with E-state index >= 15 is 0 Å². The molecule has 0 unspecified atom stereocenters. The number of hydrogen-bond donors (Lipinski definition) is 4. The van der Waals surface area contributed by atoms with Crippen molar-refractivity contribution in [1.29, 1.82) is 0 Å². The van der Waals surface area contributed by atoms with E-state index in [1.165, 1.54) is 12.1 Å². The topological polar surface area (TPSA) is 161 Å². The summed E-state index contributed by atoms with van der Waals surface area (Å²) >= 11 is 0. The normalized spacial score (nSPS) is 12.6. The van der Waals surface area contributed by atoms with E-state index in [4.69, 9.17) is 28.8 Å². The molecule has 0 saturated heterocycles. The zero-order valence-electron chi connectivity index (χ0n) is 19.7. The Bertz CT molecular complexity index is 1050. The Hall–Kier alpha value is -3.06. The van der Waals surface area contributed by atoms with Gasteiger partial charge in [-0.15, -0.1) is 0 Å². The largest absolute Gasteiger partial charge is 0.508 e. The SMILES string of the molecule is O=C1c2cc(O)cc(O)c2C(=O)c2c(O)cc(COCCOCCOCCOCCOCCO)cc21. The molecular weight excluding hydrogens is 476 g/mol. The molecule has 36 heavy (non-hydrogen) atoms. The lowest BCUT2D eigenvalue weighted by atomic mass is 9.82. The lowest BCUT2D eigenvalue weighted by Gasteiger charge is -2.20. The third kappa shape index (κ3) is 7.23. The summed E-state index contributed by atoms with van der Waals surface area (Å²) < 4.78 is 26.7. The van der Waals surface area contributed by atoms with E-state index in [1.807, 2.05) is 0 Å². The van der Waals surface area contributed by atoms with Crippen LogP contribution in [0.4, 0.5) is 0 Å². The van der Waals surface area contributed by atoms with Crippen LogP contribution in [0.15, 0.2) is 24.3 Å². The number of aromatic hydroxyl groups is 3. The lowest BCUT2D eigenvalue weighted by molar-refractivity contribution is -0.0145. The molecule has 3 rings (SSSR count). The number of ketones is 2. The lowest BCUT2D eigenvalue weighted by Crippen LogP contribution is -2.21. The molecule has 11 nitrogen and oxygen atoms in total. The average molecular weight is 507 g/mol. The van der Waals surface area contributed by atoms with E-state index in [1.54, 1.807) is 0 Å². The number of aliphatic hydroxyl groups excluding tert-OH is 1. The van der Waals surface area contributed by atoms with Gasteiger partial charge >= 0.3 is 0 Å². The van der Waals surface area contributed by atoms with Gasteiger partial charge in [-0.1, -0.05) is 0 Å². The molecule has 0 bridgehead atoms. The van der Waals surface area contributed by atoms with Crippen LogP contribution in [0.1, 0.15) is 37.4 Å². The van der Waals surface area contributed by atoms with Crippen molar-refractivity contribution < 1.29 is 53.7 Å². The number of phenolic OH excluding ortho intramolecular Hbond substituents is 3. The fourth-order valence-electron chi connectivity index (χ4n) is 3.62. The van der Waals surface area contributed by atoms with Crippen molar-refractivity contribution in [3.8, 4) is 17.2 Å². The molecule has 11 heteroatoms. The number of carbonyl (C=O) groups excluding carboxylic acids is 2. The molecule has 2 aromatic rings. The highest BCUT2D eigenvalue weighted by molar-refractivity contribution is 6.30. The van der Waals surface area contributed by atoms with Crippen molar-refractivity contribution in [2.45, 2.75) is 6.61 Å². The van der Waals surface area contributed by atoms with Crippen molar-refractivity contribution in [2.24, 2.45) is 0 Å². The van der Waals surface area contributed by atoms with Crippen LogP contribution < -0.4 is 0 Å². The summed E-state index contributed by atoms with van der Waals surface area (Å²) in [5.41, 5.74) is -0.115. The van der Waals surface area contributed by atoms with E-state index < -0.39 is 23.1 Å². The summed E-state index contributed by atoms with van der Waals surface area (Å²) in [4.78, 5) is 25.7. The van der Waals surface area contributed by atoms with Crippen molar-refractivity contribution in [3.05, 3.63) is 52.1 Å². The first kappa shape index (κ1) is 27.5. The quantitative estimate of drug-likeness (QED) is 0.206. The number of rotatable bonds is 16. The molecule has 0 spiro atoms. The molecule has 0 radical (unpaired) electrons. The Morgan fingerprint density at radius 2 is 1.03 bits per heavy atom. The highest BCUT2D eigenvalue weighted by Gasteiger charge is 2.35. The molecule has 0 amide bonds. The highest BCUT2D eigenvalue weighted by Crippen LogP contribution is 2.39. The van der Waals surface area contributed by atoms with E-state index in [-0.39, 0.29) is 47.8 Å². The predicted molar refractivity (Wildman–Crippen MR) is 125 cm³/mol. The summed E-state index contributed by atoms with van der Waals surface area (Å²) in [7, 11) is 0. The van der Waals surface area contributed by atoms with Crippen LogP contribution >= 0.6 is 0 Å². The van der Waals surface area contributed by atoms with Crippen LogP contribution in [-0.2, 0) is 30.3 Å². The number of phenols is 3. The Morgan fingerprint density at radius 1 is 0.556 bits per heavy atom. The van der Waals surface area contributed by atoms with Crippen molar-refractivity contribution in [2.75, 3.05) is 66.1 Å². The van der Waals surface area contributed by atoms with Gasteiger partial charge in [0.05, 0.1) is 83.8 Å². The van der Waals surface area contributed by atoms with Gasteiger partial charge in [0, 0.05) is 17.2 Å². The molecule has 0 aromatic heterocycles. The minimum absolute atomic E-state index is 0.0100. The molecule has 2 aromatic carbocycles. The van der Waals surface area contributed by atoms with Gasteiger partial charge in [-0.3, -0.25) is 9.59 Å². The Labute approximate surface area is 207 Å². The van der Waals surface area contributed by atoms with Crippen molar-refractivity contribution in [1.82, 2.24) is 0 Å². The molecule has 4 N–H and O–H groups in total. The maximum atomic E-state index is 12.9. The molecule has 1 aliphatic carbocycles. The smallest absolute Gasteiger partial charge is 0.201 e. The monoisotopic (exact) mass is 506 g/mol. The zero-order chi connectivity index (χ0) is 25.9. The second kappa shape index (κ2) is 13.9. The van der Waals surface area contributed by atoms with Gasteiger partial charge in [-0.05, 0) is 23.8 Å². The molecule has 0 atom stereocenters. The van der Waals surface area contributed by atoms with Gasteiger partial charge in [0.15, 0.2) is 5.78 Å². The van der Waals surface area contributed by atoms with Gasteiger partial charge in [0.1, 0.15) is 17.2 Å². The minimum Gasteiger partial charge on any atom is -0.508 e. The van der Waals surface area contributed by atoms with Crippen LogP contribution in [0.25, 0.3) is 0 Å². The Morgan fingerprint density at radius 3 is 1.58 bits per heavy atom. The maximum absolute atomic E-state index is 12.9. The number of benzene rings is 2. The van der Waals surface area contributed by atoms with Gasteiger partial charge in [-0.2, -0.15) is 0 Å². The summed E-state index contributed by atoms with van der Waals surface area (Å²) in [6, 6.07) is 4.87. The van der Waals surface area contributed by atoms with Gasteiger partial charge in [-0.25, -0.2) is 0 Å². The van der Waals surface area contributed by atoms with Crippen LogP contribution in [0.3, 0.4) is 0 Å². The first-order chi connectivity index (χ1) is 17.4. The van der Waals surface area contributed by atoms with Crippen LogP contribution in [0.2, 0.25) is 0 Å². The molecule has 0 heterocycles. The predicted octanol–water partition coefficient (Wildman–Crippen LogP) is 1.15. The number of aliphatic hydroxyl groups is 1. The first-order valence-corrected chi connectivity index (χ1v) is 11.4.